The lowest BCUT2D eigenvalue weighted by molar-refractivity contribution is 0.0834. The Labute approximate surface area is 107 Å². The minimum absolute atomic E-state index is 0.0751. The fourth-order valence-corrected chi connectivity index (χ4v) is 2.14. The highest BCUT2D eigenvalue weighted by Gasteiger charge is 2.13. The molecule has 0 saturated heterocycles. The predicted molar refractivity (Wildman–Crippen MR) is 68.3 cm³/mol. The standard InChI is InChI=1S/C10H18N4O3S/c1-8(2)17-6-5-13-18(15,16)9-3-4-10(14-11)12-7-9/h3-4,7-8,13H,5-6,11H2,1-2H3,(H,12,14). The van der Waals surface area contributed by atoms with Gasteiger partial charge in [0.15, 0.2) is 0 Å². The molecule has 0 spiro atoms. The quantitative estimate of drug-likeness (QED) is 0.369. The van der Waals surface area contributed by atoms with Crippen LogP contribution in [-0.2, 0) is 14.8 Å². The molecule has 1 rings (SSSR count). The van der Waals surface area contributed by atoms with E-state index >= 15 is 0 Å². The Morgan fingerprint density at radius 3 is 2.67 bits per heavy atom. The number of hydrazine groups is 1. The lowest BCUT2D eigenvalue weighted by atomic mass is 10.5. The SMILES string of the molecule is CC(C)OCCNS(=O)(=O)c1ccc(NN)nc1. The van der Waals surface area contributed by atoms with Gasteiger partial charge in [0.1, 0.15) is 10.7 Å². The number of pyridine rings is 1. The van der Waals surface area contributed by atoms with Gasteiger partial charge in [-0.3, -0.25) is 0 Å². The van der Waals surface area contributed by atoms with Crippen molar-refractivity contribution < 1.29 is 13.2 Å². The zero-order chi connectivity index (χ0) is 13.6. The van der Waals surface area contributed by atoms with E-state index in [-0.39, 0.29) is 17.5 Å². The summed E-state index contributed by atoms with van der Waals surface area (Å²) >= 11 is 0. The number of rotatable bonds is 7. The second-order valence-electron chi connectivity index (χ2n) is 3.84. The molecule has 0 aliphatic heterocycles. The average molecular weight is 274 g/mol. The first-order chi connectivity index (χ1) is 8.45. The fourth-order valence-electron chi connectivity index (χ4n) is 1.18. The lowest BCUT2D eigenvalue weighted by Gasteiger charge is -2.09. The predicted octanol–water partition coefficient (Wildman–Crippen LogP) is 0.0705. The largest absolute Gasteiger partial charge is 0.377 e. The van der Waals surface area contributed by atoms with E-state index in [1.54, 1.807) is 0 Å². The Kier molecular flexibility index (Phi) is 5.48. The van der Waals surface area contributed by atoms with Gasteiger partial charge in [-0.05, 0) is 26.0 Å². The van der Waals surface area contributed by atoms with Crippen molar-refractivity contribution in [2.75, 3.05) is 18.6 Å². The molecule has 0 bridgehead atoms. The van der Waals surface area contributed by atoms with Crippen LogP contribution in [0.1, 0.15) is 13.8 Å². The van der Waals surface area contributed by atoms with Crippen LogP contribution in [0.15, 0.2) is 23.2 Å². The monoisotopic (exact) mass is 274 g/mol. The van der Waals surface area contributed by atoms with Gasteiger partial charge in [0.25, 0.3) is 0 Å². The zero-order valence-corrected chi connectivity index (χ0v) is 11.2. The normalized spacial score (nSPS) is 11.8. The number of nitrogens with two attached hydrogens (primary N) is 1. The van der Waals surface area contributed by atoms with Crippen molar-refractivity contribution in [3.05, 3.63) is 18.3 Å². The van der Waals surface area contributed by atoms with Crippen molar-refractivity contribution in [1.29, 1.82) is 0 Å². The van der Waals surface area contributed by atoms with Crippen molar-refractivity contribution in [2.24, 2.45) is 5.84 Å². The van der Waals surface area contributed by atoms with Crippen LogP contribution >= 0.6 is 0 Å². The first-order valence-electron chi connectivity index (χ1n) is 5.49. The molecule has 1 heterocycles. The molecular formula is C10H18N4O3S. The van der Waals surface area contributed by atoms with Gasteiger partial charge in [-0.1, -0.05) is 0 Å². The number of nitrogens with zero attached hydrogens (tertiary/aromatic N) is 1. The van der Waals surface area contributed by atoms with Gasteiger partial charge in [-0.2, -0.15) is 0 Å². The number of hydrogen-bond acceptors (Lipinski definition) is 6. The van der Waals surface area contributed by atoms with E-state index in [1.165, 1.54) is 18.3 Å². The molecule has 8 heteroatoms. The Bertz CT molecular complexity index is 459. The van der Waals surface area contributed by atoms with Crippen LogP contribution < -0.4 is 16.0 Å². The third-order valence-corrected chi connectivity index (χ3v) is 3.49. The van der Waals surface area contributed by atoms with Gasteiger partial charge in [0.2, 0.25) is 10.0 Å². The molecule has 0 saturated carbocycles. The first-order valence-corrected chi connectivity index (χ1v) is 6.98. The molecule has 4 N–H and O–H groups in total. The van der Waals surface area contributed by atoms with Crippen LogP contribution in [0.2, 0.25) is 0 Å². The van der Waals surface area contributed by atoms with Crippen molar-refractivity contribution in [2.45, 2.75) is 24.8 Å². The number of aromatic nitrogens is 1. The van der Waals surface area contributed by atoms with E-state index in [4.69, 9.17) is 10.6 Å². The molecular weight excluding hydrogens is 256 g/mol. The molecule has 0 amide bonds. The van der Waals surface area contributed by atoms with Crippen LogP contribution in [0.4, 0.5) is 5.82 Å². The molecule has 0 aliphatic carbocycles. The third-order valence-electron chi connectivity index (χ3n) is 2.04. The molecule has 102 valence electrons. The molecule has 1 aromatic heterocycles. The smallest absolute Gasteiger partial charge is 0.242 e. The number of nitrogen functional groups attached to an aromatic ring is 1. The molecule has 0 atom stereocenters. The van der Waals surface area contributed by atoms with Crippen molar-refractivity contribution in [3.8, 4) is 0 Å². The molecule has 7 nitrogen and oxygen atoms in total. The molecule has 18 heavy (non-hydrogen) atoms. The highest BCUT2D eigenvalue weighted by atomic mass is 32.2. The van der Waals surface area contributed by atoms with E-state index in [9.17, 15) is 8.42 Å². The van der Waals surface area contributed by atoms with E-state index in [0.717, 1.165) is 0 Å². The molecule has 0 aliphatic rings. The molecule has 0 fully saturated rings. The lowest BCUT2D eigenvalue weighted by Crippen LogP contribution is -2.28. The maximum Gasteiger partial charge on any atom is 0.242 e. The highest BCUT2D eigenvalue weighted by molar-refractivity contribution is 7.89. The third kappa shape index (κ3) is 4.57. The molecule has 0 aromatic carbocycles. The van der Waals surface area contributed by atoms with Crippen LogP contribution in [-0.4, -0.2) is 32.7 Å². The summed E-state index contributed by atoms with van der Waals surface area (Å²) < 4.78 is 31.3. The summed E-state index contributed by atoms with van der Waals surface area (Å²) in [5.74, 6) is 5.54. The van der Waals surface area contributed by atoms with Crippen LogP contribution in [0.5, 0.6) is 0 Å². The van der Waals surface area contributed by atoms with Gasteiger partial charge < -0.3 is 10.2 Å². The maximum absolute atomic E-state index is 11.8. The molecule has 0 radical (unpaired) electrons. The highest BCUT2D eigenvalue weighted by Crippen LogP contribution is 2.09. The molecule has 1 aromatic rings. The number of sulfonamides is 1. The van der Waals surface area contributed by atoms with E-state index in [0.29, 0.717) is 12.4 Å². The van der Waals surface area contributed by atoms with Gasteiger partial charge in [-0.15, -0.1) is 0 Å². The summed E-state index contributed by atoms with van der Waals surface area (Å²) in [5.41, 5.74) is 2.32. The number of anilines is 1. The Morgan fingerprint density at radius 2 is 2.17 bits per heavy atom. The summed E-state index contributed by atoms with van der Waals surface area (Å²) in [4.78, 5) is 3.92. The van der Waals surface area contributed by atoms with E-state index < -0.39 is 10.0 Å². The second kappa shape index (κ2) is 6.64. The summed E-state index contributed by atoms with van der Waals surface area (Å²) in [6.45, 7) is 4.32. The summed E-state index contributed by atoms with van der Waals surface area (Å²) in [7, 11) is -3.54. The minimum atomic E-state index is -3.54. The van der Waals surface area contributed by atoms with Gasteiger partial charge in [0, 0.05) is 12.7 Å². The van der Waals surface area contributed by atoms with Gasteiger partial charge in [0.05, 0.1) is 12.7 Å². The van der Waals surface area contributed by atoms with Crippen molar-refractivity contribution >= 4 is 15.8 Å². The zero-order valence-electron chi connectivity index (χ0n) is 10.4. The van der Waals surface area contributed by atoms with Crippen molar-refractivity contribution in [3.63, 3.8) is 0 Å². The number of hydrogen-bond donors (Lipinski definition) is 3. The number of nitrogens with one attached hydrogen (secondary N) is 2. The Hall–Kier alpha value is -1.22. The fraction of sp³-hybridized carbons (Fsp3) is 0.500. The Morgan fingerprint density at radius 1 is 1.44 bits per heavy atom. The number of ether oxygens (including phenoxy) is 1. The Balaban J connectivity index is 2.57. The topological polar surface area (TPSA) is 106 Å². The summed E-state index contributed by atoms with van der Waals surface area (Å²) in [5, 5.41) is 0. The van der Waals surface area contributed by atoms with Gasteiger partial charge >= 0.3 is 0 Å². The van der Waals surface area contributed by atoms with E-state index in [2.05, 4.69) is 15.1 Å². The minimum Gasteiger partial charge on any atom is -0.377 e. The van der Waals surface area contributed by atoms with Crippen molar-refractivity contribution in [1.82, 2.24) is 9.71 Å². The first kappa shape index (κ1) is 14.8. The van der Waals surface area contributed by atoms with Crippen LogP contribution in [0.3, 0.4) is 0 Å². The summed E-state index contributed by atoms with van der Waals surface area (Å²) in [6.07, 6.45) is 1.31. The average Bonchev–Trinajstić information content (AvgIpc) is 2.34. The summed E-state index contributed by atoms with van der Waals surface area (Å²) in [6, 6.07) is 2.91. The van der Waals surface area contributed by atoms with Gasteiger partial charge in [-0.25, -0.2) is 24.0 Å². The second-order valence-corrected chi connectivity index (χ2v) is 5.61. The maximum atomic E-state index is 11.8. The van der Waals surface area contributed by atoms with Crippen LogP contribution in [0, 0.1) is 0 Å². The van der Waals surface area contributed by atoms with Crippen LogP contribution in [0.25, 0.3) is 0 Å². The molecule has 0 unspecified atom stereocenters. The van der Waals surface area contributed by atoms with E-state index in [1.807, 2.05) is 13.8 Å².